The van der Waals surface area contributed by atoms with E-state index in [0.717, 1.165) is 0 Å². The van der Waals surface area contributed by atoms with Crippen molar-refractivity contribution in [2.75, 3.05) is 0 Å². The molecule has 2 heterocycles. The van der Waals surface area contributed by atoms with E-state index in [-0.39, 0.29) is 11.5 Å². The molecule has 11 heteroatoms. The Kier molecular flexibility index (Phi) is 6.81. The van der Waals surface area contributed by atoms with E-state index in [2.05, 4.69) is 36.2 Å². The highest BCUT2D eigenvalue weighted by molar-refractivity contribution is 5.99. The quantitative estimate of drug-likeness (QED) is 0.197. The number of benzene rings is 3. The topological polar surface area (TPSA) is 145 Å². The highest BCUT2D eigenvalue weighted by atomic mass is 19.1. The van der Waals surface area contributed by atoms with Crippen LogP contribution in [-0.4, -0.2) is 38.4 Å². The summed E-state index contributed by atoms with van der Waals surface area (Å²) in [6, 6.07) is 19.5. The molecule has 38 heavy (non-hydrogen) atoms. The van der Waals surface area contributed by atoms with Gasteiger partial charge in [-0.25, -0.2) is 14.9 Å². The molecule has 10 nitrogen and oxygen atoms in total. The first-order valence-corrected chi connectivity index (χ1v) is 11.5. The van der Waals surface area contributed by atoms with E-state index in [0.29, 0.717) is 33.2 Å². The molecule has 0 radical (unpaired) electrons. The van der Waals surface area contributed by atoms with Gasteiger partial charge in [0, 0.05) is 22.1 Å². The van der Waals surface area contributed by atoms with Crippen LogP contribution in [0.2, 0.25) is 0 Å². The molecule has 2 amide bonds. The van der Waals surface area contributed by atoms with Crippen LogP contribution < -0.4 is 16.3 Å². The van der Waals surface area contributed by atoms with Crippen LogP contribution >= 0.6 is 0 Å². The van der Waals surface area contributed by atoms with Gasteiger partial charge in [0.1, 0.15) is 11.5 Å². The Morgan fingerprint density at radius 2 is 1.63 bits per heavy atom. The van der Waals surface area contributed by atoms with Gasteiger partial charge in [-0.05, 0) is 42.5 Å². The SMILES string of the molecule is O=C(NC(C(=O)N/N=C/c1cn[nH]c1-c1ccc(F)cc1)c1n[nH]c(=O)c2ccccc12)c1ccccc1. The molecule has 1 unspecified atom stereocenters. The predicted molar refractivity (Wildman–Crippen MR) is 139 cm³/mol. The number of amides is 2. The molecule has 0 spiro atoms. The minimum atomic E-state index is -1.29. The first-order valence-electron chi connectivity index (χ1n) is 11.5. The lowest BCUT2D eigenvalue weighted by Crippen LogP contribution is -2.40. The molecule has 3 aromatic carbocycles. The number of hydrogen-bond acceptors (Lipinski definition) is 6. The van der Waals surface area contributed by atoms with Crippen molar-refractivity contribution in [2.24, 2.45) is 5.10 Å². The van der Waals surface area contributed by atoms with Crippen LogP contribution in [0, 0.1) is 5.82 Å². The van der Waals surface area contributed by atoms with Crippen LogP contribution in [-0.2, 0) is 4.79 Å². The number of carbonyl (C=O) groups excluding carboxylic acids is 2. The number of fused-ring (bicyclic) bond motifs is 1. The third kappa shape index (κ3) is 5.07. The van der Waals surface area contributed by atoms with Crippen LogP contribution in [0.1, 0.15) is 27.7 Å². The van der Waals surface area contributed by atoms with Crippen molar-refractivity contribution in [3.05, 3.63) is 118 Å². The zero-order valence-electron chi connectivity index (χ0n) is 19.7. The highest BCUT2D eigenvalue weighted by Gasteiger charge is 2.27. The maximum absolute atomic E-state index is 13.3. The van der Waals surface area contributed by atoms with Gasteiger partial charge < -0.3 is 5.32 Å². The molecule has 0 saturated heterocycles. The van der Waals surface area contributed by atoms with E-state index in [9.17, 15) is 18.8 Å². The van der Waals surface area contributed by atoms with E-state index in [1.165, 1.54) is 24.5 Å². The summed E-state index contributed by atoms with van der Waals surface area (Å²) in [7, 11) is 0. The lowest BCUT2D eigenvalue weighted by Gasteiger charge is -2.18. The van der Waals surface area contributed by atoms with Gasteiger partial charge in [-0.3, -0.25) is 19.5 Å². The van der Waals surface area contributed by atoms with Crippen molar-refractivity contribution in [1.29, 1.82) is 0 Å². The number of nitrogens with zero attached hydrogens (tertiary/aromatic N) is 3. The molecule has 1 atom stereocenters. The third-order valence-electron chi connectivity index (χ3n) is 5.75. The molecular weight excluding hydrogens is 489 g/mol. The Hall–Kier alpha value is -5.45. The summed E-state index contributed by atoms with van der Waals surface area (Å²) in [6.07, 6.45) is 2.87. The molecule has 0 aliphatic rings. The van der Waals surface area contributed by atoms with Crippen LogP contribution in [0.5, 0.6) is 0 Å². The summed E-state index contributed by atoms with van der Waals surface area (Å²) in [6.45, 7) is 0. The number of hydrogen-bond donors (Lipinski definition) is 4. The monoisotopic (exact) mass is 509 g/mol. The van der Waals surface area contributed by atoms with Gasteiger partial charge in [-0.1, -0.05) is 36.4 Å². The minimum Gasteiger partial charge on any atom is -0.335 e. The Balaban J connectivity index is 1.44. The predicted octanol–water partition coefficient (Wildman–Crippen LogP) is 3.07. The van der Waals surface area contributed by atoms with Crippen molar-refractivity contribution in [3.63, 3.8) is 0 Å². The summed E-state index contributed by atoms with van der Waals surface area (Å²) in [5, 5.41) is 20.7. The molecular formula is C27H20FN7O3. The fraction of sp³-hybridized carbons (Fsp3) is 0.0370. The average molecular weight is 510 g/mol. The Labute approximate surface area is 214 Å². The summed E-state index contributed by atoms with van der Waals surface area (Å²) >= 11 is 0. The standard InChI is InChI=1S/C27H20FN7O3/c28-19-12-10-16(11-13-19)22-18(14-29-32-22)15-30-34-27(38)24(31-25(36)17-6-2-1-3-7-17)23-20-8-4-5-9-21(20)26(37)35-33-23/h1-15,24H,(H,29,32)(H,31,36)(H,34,38)(H,35,37)/b30-15+. The maximum atomic E-state index is 13.3. The summed E-state index contributed by atoms with van der Waals surface area (Å²) in [4.78, 5) is 38.6. The first kappa shape index (κ1) is 24.3. The average Bonchev–Trinajstić information content (AvgIpc) is 3.41. The van der Waals surface area contributed by atoms with Crippen molar-refractivity contribution in [3.8, 4) is 11.3 Å². The molecule has 5 aromatic rings. The first-order chi connectivity index (χ1) is 18.5. The summed E-state index contributed by atoms with van der Waals surface area (Å²) in [5.74, 6) is -1.58. The van der Waals surface area contributed by atoms with Crippen LogP contribution in [0.15, 0.2) is 95.0 Å². The fourth-order valence-corrected chi connectivity index (χ4v) is 3.89. The number of H-pyrrole nitrogens is 2. The van der Waals surface area contributed by atoms with Gasteiger partial charge in [-0.15, -0.1) is 0 Å². The van der Waals surface area contributed by atoms with Crippen LogP contribution in [0.3, 0.4) is 0 Å². The normalized spacial score (nSPS) is 11.9. The van der Waals surface area contributed by atoms with Crippen LogP contribution in [0.25, 0.3) is 22.0 Å². The number of nitrogens with one attached hydrogen (secondary N) is 4. The lowest BCUT2D eigenvalue weighted by molar-refractivity contribution is -0.123. The zero-order valence-corrected chi connectivity index (χ0v) is 19.7. The van der Waals surface area contributed by atoms with Crippen molar-refractivity contribution < 1.29 is 14.0 Å². The van der Waals surface area contributed by atoms with Gasteiger partial charge >= 0.3 is 0 Å². The highest BCUT2D eigenvalue weighted by Crippen LogP contribution is 2.22. The molecule has 4 N–H and O–H groups in total. The Morgan fingerprint density at radius 1 is 0.921 bits per heavy atom. The fourth-order valence-electron chi connectivity index (χ4n) is 3.89. The largest absolute Gasteiger partial charge is 0.335 e. The van der Waals surface area contributed by atoms with Gasteiger partial charge in [0.2, 0.25) is 0 Å². The second-order valence-electron chi connectivity index (χ2n) is 8.20. The number of halogens is 1. The molecule has 0 fully saturated rings. The van der Waals surface area contributed by atoms with Gasteiger partial charge in [0.15, 0.2) is 6.04 Å². The molecule has 188 valence electrons. The molecule has 0 saturated carbocycles. The van der Waals surface area contributed by atoms with E-state index < -0.39 is 23.4 Å². The van der Waals surface area contributed by atoms with Gasteiger partial charge in [0.05, 0.1) is 23.5 Å². The molecule has 2 aromatic heterocycles. The van der Waals surface area contributed by atoms with Crippen molar-refractivity contribution in [1.82, 2.24) is 31.1 Å². The second-order valence-corrected chi connectivity index (χ2v) is 8.20. The number of aromatic amines is 2. The van der Waals surface area contributed by atoms with Gasteiger partial charge in [0.25, 0.3) is 17.4 Å². The number of rotatable bonds is 7. The van der Waals surface area contributed by atoms with Crippen molar-refractivity contribution >= 4 is 28.8 Å². The van der Waals surface area contributed by atoms with Crippen molar-refractivity contribution in [2.45, 2.75) is 6.04 Å². The third-order valence-corrected chi connectivity index (χ3v) is 5.75. The van der Waals surface area contributed by atoms with Gasteiger partial charge in [-0.2, -0.15) is 15.3 Å². The Morgan fingerprint density at radius 3 is 2.39 bits per heavy atom. The smallest absolute Gasteiger partial charge is 0.272 e. The molecule has 5 rings (SSSR count). The minimum absolute atomic E-state index is 0.146. The second kappa shape index (κ2) is 10.7. The number of hydrazone groups is 1. The zero-order chi connectivity index (χ0) is 26.5. The maximum Gasteiger partial charge on any atom is 0.272 e. The molecule has 0 aliphatic carbocycles. The van der Waals surface area contributed by atoms with Crippen LogP contribution in [0.4, 0.5) is 4.39 Å². The summed E-state index contributed by atoms with van der Waals surface area (Å²) < 4.78 is 13.3. The Bertz CT molecular complexity index is 1700. The summed E-state index contributed by atoms with van der Waals surface area (Å²) in [5.41, 5.74) is 4.27. The van der Waals surface area contributed by atoms with E-state index in [4.69, 9.17) is 0 Å². The number of carbonyl (C=O) groups is 2. The molecule has 0 bridgehead atoms. The van der Waals surface area contributed by atoms with E-state index in [1.54, 1.807) is 66.7 Å². The lowest BCUT2D eigenvalue weighted by atomic mass is 10.0. The van der Waals surface area contributed by atoms with E-state index >= 15 is 0 Å². The van der Waals surface area contributed by atoms with E-state index in [1.807, 2.05) is 0 Å². The molecule has 0 aliphatic heterocycles. The number of aromatic nitrogens is 4.